The van der Waals surface area contributed by atoms with Crippen LogP contribution in [0.25, 0.3) is 0 Å². The highest BCUT2D eigenvalue weighted by Gasteiger charge is 2.36. The predicted molar refractivity (Wildman–Crippen MR) is 110 cm³/mol. The number of nitrogens with zero attached hydrogens (tertiary/aromatic N) is 2. The molecule has 27 heavy (non-hydrogen) atoms. The zero-order valence-electron chi connectivity index (χ0n) is 15.7. The summed E-state index contributed by atoms with van der Waals surface area (Å²) in [5.41, 5.74) is 1.95. The van der Waals surface area contributed by atoms with Crippen LogP contribution in [0.2, 0.25) is 0 Å². The first-order chi connectivity index (χ1) is 12.8. The molecule has 5 nitrogen and oxygen atoms in total. The van der Waals surface area contributed by atoms with Crippen molar-refractivity contribution in [1.82, 2.24) is 20.4 Å². The van der Waals surface area contributed by atoms with Crippen LogP contribution in [-0.2, 0) is 5.41 Å². The van der Waals surface area contributed by atoms with E-state index in [1.54, 1.807) is 0 Å². The van der Waals surface area contributed by atoms with Gasteiger partial charge in [0.25, 0.3) is 5.91 Å². The van der Waals surface area contributed by atoms with Crippen molar-refractivity contribution < 1.29 is 4.79 Å². The lowest BCUT2D eigenvalue weighted by Crippen LogP contribution is -2.39. The molecule has 1 aromatic carbocycles. The van der Waals surface area contributed by atoms with Crippen LogP contribution in [0.4, 0.5) is 0 Å². The monoisotopic (exact) mass is 388 g/mol. The molecule has 1 aliphatic carbocycles. The number of hydrogen-bond donors (Lipinski definition) is 2. The normalized spacial score (nSPS) is 21.4. The van der Waals surface area contributed by atoms with Crippen molar-refractivity contribution in [3.8, 4) is 0 Å². The van der Waals surface area contributed by atoms with Crippen molar-refractivity contribution in [3.05, 3.63) is 53.9 Å². The maximum absolute atomic E-state index is 12.7. The van der Waals surface area contributed by atoms with E-state index in [1.165, 1.54) is 18.4 Å². The lowest BCUT2D eigenvalue weighted by atomic mass is 9.79. The Balaban J connectivity index is 0.00000210. The largest absolute Gasteiger partial charge is 0.350 e. The van der Waals surface area contributed by atoms with Gasteiger partial charge in [-0.1, -0.05) is 43.2 Å². The molecule has 4 rings (SSSR count). The second-order valence-corrected chi connectivity index (χ2v) is 7.72. The van der Waals surface area contributed by atoms with Crippen LogP contribution in [0.5, 0.6) is 0 Å². The first kappa shape index (κ1) is 19.9. The quantitative estimate of drug-likeness (QED) is 0.824. The van der Waals surface area contributed by atoms with Gasteiger partial charge < -0.3 is 10.6 Å². The standard InChI is InChI=1S/C21H28N4O.ClH/c26-20(19-10-14-25(24-19)18-9-6-13-22-15-18)23-16-21(11-4-5-12-21)17-7-2-1-3-8-17;/h1-3,7-8,10,14,18,22H,4-6,9,11-13,15-16H2,(H,23,26);1H. The molecule has 6 heteroatoms. The Morgan fingerprint density at radius 3 is 2.67 bits per heavy atom. The Labute approximate surface area is 167 Å². The van der Waals surface area contributed by atoms with Crippen molar-refractivity contribution in [3.63, 3.8) is 0 Å². The number of benzene rings is 1. The molecule has 0 spiro atoms. The summed E-state index contributed by atoms with van der Waals surface area (Å²) in [7, 11) is 0. The van der Waals surface area contributed by atoms with E-state index in [0.717, 1.165) is 38.8 Å². The van der Waals surface area contributed by atoms with Gasteiger partial charge in [-0.25, -0.2) is 0 Å². The second-order valence-electron chi connectivity index (χ2n) is 7.72. The molecule has 0 bridgehead atoms. The van der Waals surface area contributed by atoms with Gasteiger partial charge in [0.1, 0.15) is 5.69 Å². The smallest absolute Gasteiger partial charge is 0.271 e. The molecule has 1 saturated heterocycles. The lowest BCUT2D eigenvalue weighted by Gasteiger charge is -2.30. The average molecular weight is 389 g/mol. The van der Waals surface area contributed by atoms with Gasteiger partial charge >= 0.3 is 0 Å². The number of rotatable bonds is 5. The van der Waals surface area contributed by atoms with Crippen molar-refractivity contribution in [2.24, 2.45) is 0 Å². The molecule has 2 heterocycles. The fraction of sp³-hybridized carbons (Fsp3) is 0.524. The number of carbonyl (C=O) groups is 1. The highest BCUT2D eigenvalue weighted by atomic mass is 35.5. The van der Waals surface area contributed by atoms with Crippen LogP contribution >= 0.6 is 12.4 Å². The van der Waals surface area contributed by atoms with Crippen LogP contribution in [0, 0.1) is 0 Å². The van der Waals surface area contributed by atoms with Crippen LogP contribution < -0.4 is 10.6 Å². The van der Waals surface area contributed by atoms with Gasteiger partial charge in [-0.3, -0.25) is 9.48 Å². The number of aromatic nitrogens is 2. The first-order valence-electron chi connectivity index (χ1n) is 9.86. The van der Waals surface area contributed by atoms with Crippen molar-refractivity contribution >= 4 is 18.3 Å². The van der Waals surface area contributed by atoms with Gasteiger partial charge in [-0.05, 0) is 43.9 Å². The summed E-state index contributed by atoms with van der Waals surface area (Å²) in [4.78, 5) is 12.7. The molecule has 0 radical (unpaired) electrons. The van der Waals surface area contributed by atoms with Gasteiger partial charge in [0, 0.05) is 24.7 Å². The fourth-order valence-electron chi connectivity index (χ4n) is 4.47. The minimum Gasteiger partial charge on any atom is -0.350 e. The van der Waals surface area contributed by atoms with Crippen LogP contribution in [-0.4, -0.2) is 35.3 Å². The Kier molecular flexibility index (Phi) is 6.55. The summed E-state index contributed by atoms with van der Waals surface area (Å²) < 4.78 is 1.95. The van der Waals surface area contributed by atoms with Crippen LogP contribution in [0.15, 0.2) is 42.6 Å². The molecule has 2 aromatic rings. The molecule has 1 atom stereocenters. The molecule has 2 aliphatic rings. The molecule has 1 unspecified atom stereocenters. The van der Waals surface area contributed by atoms with Crippen molar-refractivity contribution in [1.29, 1.82) is 0 Å². The number of piperidine rings is 1. The lowest BCUT2D eigenvalue weighted by molar-refractivity contribution is 0.0936. The number of amides is 1. The summed E-state index contributed by atoms with van der Waals surface area (Å²) in [6, 6.07) is 12.8. The number of hydrogen-bond acceptors (Lipinski definition) is 3. The van der Waals surface area contributed by atoms with E-state index < -0.39 is 0 Å². The minimum atomic E-state index is -0.0604. The van der Waals surface area contributed by atoms with E-state index in [-0.39, 0.29) is 23.7 Å². The van der Waals surface area contributed by atoms with Crippen molar-refractivity contribution in [2.75, 3.05) is 19.6 Å². The SMILES string of the molecule is Cl.O=C(NCC1(c2ccccc2)CCCC1)c1ccn(C2CCCNC2)n1. The summed E-state index contributed by atoms with van der Waals surface area (Å²) in [5, 5.41) is 11.1. The third kappa shape index (κ3) is 4.36. The zero-order chi connectivity index (χ0) is 17.8. The molecule has 2 fully saturated rings. The van der Waals surface area contributed by atoms with E-state index in [1.807, 2.05) is 16.9 Å². The minimum absolute atomic E-state index is 0. The molecular formula is C21H29ClN4O. The Hall–Kier alpha value is -1.85. The Bertz CT molecular complexity index is 734. The van der Waals surface area contributed by atoms with E-state index >= 15 is 0 Å². The highest BCUT2D eigenvalue weighted by Crippen LogP contribution is 2.40. The van der Waals surface area contributed by atoms with Gasteiger partial charge in [0.05, 0.1) is 6.04 Å². The number of nitrogens with one attached hydrogen (secondary N) is 2. The summed E-state index contributed by atoms with van der Waals surface area (Å²) in [6.45, 7) is 2.69. The van der Waals surface area contributed by atoms with Crippen LogP contribution in [0.1, 0.15) is 60.6 Å². The molecule has 1 aliphatic heterocycles. The van der Waals surface area contributed by atoms with E-state index in [2.05, 4.69) is 46.1 Å². The Morgan fingerprint density at radius 1 is 1.19 bits per heavy atom. The van der Waals surface area contributed by atoms with Gasteiger partial charge in [-0.2, -0.15) is 5.10 Å². The predicted octanol–water partition coefficient (Wildman–Crippen LogP) is 3.47. The molecule has 1 aromatic heterocycles. The molecular weight excluding hydrogens is 360 g/mol. The first-order valence-corrected chi connectivity index (χ1v) is 9.86. The third-order valence-electron chi connectivity index (χ3n) is 6.02. The summed E-state index contributed by atoms with van der Waals surface area (Å²) in [6.07, 6.45) is 8.95. The van der Waals surface area contributed by atoms with E-state index in [9.17, 15) is 4.79 Å². The summed E-state index contributed by atoms with van der Waals surface area (Å²) >= 11 is 0. The topological polar surface area (TPSA) is 59.0 Å². The third-order valence-corrected chi connectivity index (χ3v) is 6.02. The summed E-state index contributed by atoms with van der Waals surface area (Å²) in [5.74, 6) is -0.0604. The average Bonchev–Trinajstić information content (AvgIpc) is 3.38. The van der Waals surface area contributed by atoms with Crippen molar-refractivity contribution in [2.45, 2.75) is 50.0 Å². The van der Waals surface area contributed by atoms with Crippen LogP contribution in [0.3, 0.4) is 0 Å². The van der Waals surface area contributed by atoms with E-state index in [4.69, 9.17) is 0 Å². The Morgan fingerprint density at radius 2 is 1.96 bits per heavy atom. The molecule has 1 saturated carbocycles. The highest BCUT2D eigenvalue weighted by molar-refractivity contribution is 5.92. The zero-order valence-corrected chi connectivity index (χ0v) is 16.5. The van der Waals surface area contributed by atoms with Gasteiger partial charge in [0.15, 0.2) is 0 Å². The van der Waals surface area contributed by atoms with Gasteiger partial charge in [-0.15, -0.1) is 12.4 Å². The maximum atomic E-state index is 12.7. The molecule has 1 amide bonds. The number of halogens is 1. The fourth-order valence-corrected chi connectivity index (χ4v) is 4.47. The number of carbonyl (C=O) groups excluding carboxylic acids is 1. The molecule has 146 valence electrons. The van der Waals surface area contributed by atoms with E-state index in [0.29, 0.717) is 18.3 Å². The van der Waals surface area contributed by atoms with Gasteiger partial charge in [0.2, 0.25) is 0 Å². The molecule has 2 N–H and O–H groups in total. The maximum Gasteiger partial charge on any atom is 0.271 e. The second kappa shape index (κ2) is 8.89.